The maximum atomic E-state index is 12.8. The van der Waals surface area contributed by atoms with E-state index in [-0.39, 0.29) is 17.5 Å². The van der Waals surface area contributed by atoms with Crippen molar-refractivity contribution >= 4 is 11.7 Å². The lowest BCUT2D eigenvalue weighted by Gasteiger charge is -2.46. The summed E-state index contributed by atoms with van der Waals surface area (Å²) < 4.78 is 49.4. The van der Waals surface area contributed by atoms with Gasteiger partial charge in [0.1, 0.15) is 0 Å². The summed E-state index contributed by atoms with van der Waals surface area (Å²) in [6.07, 6.45) is -0.894. The van der Waals surface area contributed by atoms with E-state index in [9.17, 15) is 18.0 Å². The number of amides is 2. The summed E-state index contributed by atoms with van der Waals surface area (Å²) in [6.45, 7) is 5.36. The van der Waals surface area contributed by atoms with E-state index >= 15 is 0 Å². The fourth-order valence-corrected chi connectivity index (χ4v) is 5.91. The molecule has 1 saturated heterocycles. The van der Waals surface area contributed by atoms with Crippen LogP contribution in [0.25, 0.3) is 0 Å². The first-order valence-electron chi connectivity index (χ1n) is 12.3. The van der Waals surface area contributed by atoms with Gasteiger partial charge in [0, 0.05) is 29.2 Å². The number of carbonyl (C=O) groups is 1. The van der Waals surface area contributed by atoms with E-state index in [2.05, 4.69) is 41.5 Å². The number of rotatable bonds is 6. The van der Waals surface area contributed by atoms with E-state index < -0.39 is 17.8 Å². The number of halogens is 3. The highest BCUT2D eigenvalue weighted by Gasteiger charge is 2.52. The summed E-state index contributed by atoms with van der Waals surface area (Å²) in [5.41, 5.74) is 0.746. The molecule has 1 saturated carbocycles. The zero-order chi connectivity index (χ0) is 26.1. The van der Waals surface area contributed by atoms with Crippen LogP contribution in [0.4, 0.5) is 23.7 Å². The predicted molar refractivity (Wildman–Crippen MR) is 133 cm³/mol. The van der Waals surface area contributed by atoms with Gasteiger partial charge in [-0.1, -0.05) is 6.07 Å². The van der Waals surface area contributed by atoms with Gasteiger partial charge in [0.25, 0.3) is 0 Å². The maximum Gasteiger partial charge on any atom is 0.416 e. The molecular formula is C27H34F3N3O3. The Morgan fingerprint density at radius 2 is 1.75 bits per heavy atom. The van der Waals surface area contributed by atoms with Gasteiger partial charge >= 0.3 is 12.2 Å². The van der Waals surface area contributed by atoms with Crippen LogP contribution >= 0.6 is 0 Å². The van der Waals surface area contributed by atoms with Crippen molar-refractivity contribution in [1.82, 2.24) is 10.2 Å². The van der Waals surface area contributed by atoms with Crippen LogP contribution in [0.15, 0.2) is 42.5 Å². The predicted octanol–water partition coefficient (Wildman–Crippen LogP) is 5.82. The van der Waals surface area contributed by atoms with Crippen LogP contribution in [0.5, 0.6) is 11.5 Å². The van der Waals surface area contributed by atoms with Crippen molar-refractivity contribution < 1.29 is 27.4 Å². The molecular weight excluding hydrogens is 471 g/mol. The standard InChI is InChI=1S/C27H34F3N3O3/c1-17(2)33-14-13-26(19-7-10-22(35-3)23(15-19)36-4)12-11-21(16-24(26)33)32-25(34)31-20-8-5-18(6-9-20)27(28,29)30/h5-10,15,17,21,24H,11-14,16H2,1-4H3,(H2,31,32,34)/t21-,24+,26-/m0/s1. The van der Waals surface area contributed by atoms with Crippen molar-refractivity contribution in [3.05, 3.63) is 53.6 Å². The molecule has 2 aliphatic rings. The van der Waals surface area contributed by atoms with Crippen LogP contribution in [-0.4, -0.2) is 49.8 Å². The zero-order valence-electron chi connectivity index (χ0n) is 21.1. The molecule has 1 aliphatic heterocycles. The Balaban J connectivity index is 1.49. The van der Waals surface area contributed by atoms with E-state index in [0.29, 0.717) is 23.2 Å². The molecule has 2 N–H and O–H groups in total. The Morgan fingerprint density at radius 3 is 2.36 bits per heavy atom. The number of urea groups is 1. The minimum absolute atomic E-state index is 0.0444. The zero-order valence-corrected chi connectivity index (χ0v) is 21.1. The van der Waals surface area contributed by atoms with Crippen molar-refractivity contribution in [1.29, 1.82) is 0 Å². The highest BCUT2D eigenvalue weighted by molar-refractivity contribution is 5.89. The molecule has 1 heterocycles. The molecule has 0 unspecified atom stereocenters. The monoisotopic (exact) mass is 505 g/mol. The smallest absolute Gasteiger partial charge is 0.416 e. The molecule has 0 bridgehead atoms. The molecule has 1 aliphatic carbocycles. The number of anilines is 1. The van der Waals surface area contributed by atoms with Crippen LogP contribution in [0.2, 0.25) is 0 Å². The van der Waals surface area contributed by atoms with E-state index in [4.69, 9.17) is 9.47 Å². The number of likely N-dealkylation sites (tertiary alicyclic amines) is 1. The van der Waals surface area contributed by atoms with Gasteiger partial charge in [-0.25, -0.2) is 4.79 Å². The number of carbonyl (C=O) groups excluding carboxylic acids is 1. The molecule has 2 fully saturated rings. The maximum absolute atomic E-state index is 12.8. The van der Waals surface area contributed by atoms with Gasteiger partial charge in [-0.3, -0.25) is 4.90 Å². The normalized spacial score (nSPS) is 24.3. The van der Waals surface area contributed by atoms with E-state index in [1.54, 1.807) is 14.2 Å². The van der Waals surface area contributed by atoms with Gasteiger partial charge in [0.05, 0.1) is 19.8 Å². The molecule has 0 aromatic heterocycles. The molecule has 9 heteroatoms. The number of alkyl halides is 3. The third-order valence-corrected chi connectivity index (χ3v) is 7.73. The lowest BCUT2D eigenvalue weighted by molar-refractivity contribution is -0.137. The van der Waals surface area contributed by atoms with Gasteiger partial charge in [0.15, 0.2) is 11.5 Å². The second-order valence-corrected chi connectivity index (χ2v) is 9.97. The largest absolute Gasteiger partial charge is 0.493 e. The van der Waals surface area contributed by atoms with Crippen molar-refractivity contribution in [3.63, 3.8) is 0 Å². The summed E-state index contributed by atoms with van der Waals surface area (Å²) in [6, 6.07) is 10.8. The topological polar surface area (TPSA) is 62.8 Å². The van der Waals surface area contributed by atoms with E-state index in [1.165, 1.54) is 17.7 Å². The number of hydrogen-bond acceptors (Lipinski definition) is 4. The molecule has 3 atom stereocenters. The van der Waals surface area contributed by atoms with Crippen LogP contribution in [0.3, 0.4) is 0 Å². The molecule has 196 valence electrons. The number of methoxy groups -OCH3 is 2. The summed E-state index contributed by atoms with van der Waals surface area (Å²) >= 11 is 0. The number of benzene rings is 2. The summed E-state index contributed by atoms with van der Waals surface area (Å²) in [5.74, 6) is 1.41. The number of nitrogens with zero attached hydrogens (tertiary/aromatic N) is 1. The minimum atomic E-state index is -4.41. The molecule has 0 radical (unpaired) electrons. The van der Waals surface area contributed by atoms with Gasteiger partial charge in [-0.2, -0.15) is 13.2 Å². The SMILES string of the molecule is COc1ccc([C@@]23CC[C@H](NC(=O)Nc4ccc(C(F)(F)F)cc4)C[C@H]2N(C(C)C)CC3)cc1OC. The summed E-state index contributed by atoms with van der Waals surface area (Å²) in [7, 11) is 3.27. The van der Waals surface area contributed by atoms with Crippen LogP contribution in [0, 0.1) is 0 Å². The first-order valence-corrected chi connectivity index (χ1v) is 12.3. The Morgan fingerprint density at radius 1 is 1.06 bits per heavy atom. The number of fused-ring (bicyclic) bond motifs is 1. The highest BCUT2D eigenvalue weighted by atomic mass is 19.4. The fraction of sp³-hybridized carbons (Fsp3) is 0.519. The summed E-state index contributed by atoms with van der Waals surface area (Å²) in [5, 5.41) is 5.72. The second kappa shape index (κ2) is 10.2. The quantitative estimate of drug-likeness (QED) is 0.520. The first kappa shape index (κ1) is 26.1. The minimum Gasteiger partial charge on any atom is -0.493 e. The molecule has 0 spiro atoms. The first-order chi connectivity index (χ1) is 17.1. The van der Waals surface area contributed by atoms with Crippen LogP contribution in [0.1, 0.15) is 50.7 Å². The molecule has 6 nitrogen and oxygen atoms in total. The second-order valence-electron chi connectivity index (χ2n) is 9.97. The average molecular weight is 506 g/mol. The van der Waals surface area contributed by atoms with Gasteiger partial charge < -0.3 is 20.1 Å². The third kappa shape index (κ3) is 5.12. The lowest BCUT2D eigenvalue weighted by atomic mass is 9.65. The fourth-order valence-electron chi connectivity index (χ4n) is 5.91. The van der Waals surface area contributed by atoms with Crippen molar-refractivity contribution in [2.45, 2.75) is 69.2 Å². The van der Waals surface area contributed by atoms with Gasteiger partial charge in [0.2, 0.25) is 0 Å². The third-order valence-electron chi connectivity index (χ3n) is 7.73. The lowest BCUT2D eigenvalue weighted by Crippen LogP contribution is -2.54. The van der Waals surface area contributed by atoms with Crippen LogP contribution < -0.4 is 20.1 Å². The van der Waals surface area contributed by atoms with E-state index in [1.807, 2.05) is 6.07 Å². The Bertz CT molecular complexity index is 1070. The molecule has 36 heavy (non-hydrogen) atoms. The molecule has 2 aromatic carbocycles. The molecule has 4 rings (SSSR count). The van der Waals surface area contributed by atoms with Crippen LogP contribution in [-0.2, 0) is 11.6 Å². The highest BCUT2D eigenvalue weighted by Crippen LogP contribution is 2.51. The Kier molecular flexibility index (Phi) is 7.41. The van der Waals surface area contributed by atoms with Gasteiger partial charge in [-0.15, -0.1) is 0 Å². The van der Waals surface area contributed by atoms with Crippen molar-refractivity contribution in [2.24, 2.45) is 0 Å². The number of nitrogens with one attached hydrogen (secondary N) is 2. The van der Waals surface area contributed by atoms with Crippen molar-refractivity contribution in [3.8, 4) is 11.5 Å². The van der Waals surface area contributed by atoms with E-state index in [0.717, 1.165) is 44.4 Å². The number of ether oxygens (including phenoxy) is 2. The molecule has 2 amide bonds. The van der Waals surface area contributed by atoms with Gasteiger partial charge in [-0.05, 0) is 88.0 Å². The Labute approximate surface area is 210 Å². The molecule has 2 aromatic rings. The van der Waals surface area contributed by atoms with Crippen molar-refractivity contribution in [2.75, 3.05) is 26.1 Å². The Hall–Kier alpha value is -2.94. The number of hydrogen-bond donors (Lipinski definition) is 2. The average Bonchev–Trinajstić information content (AvgIpc) is 3.23. The summed E-state index contributed by atoms with van der Waals surface area (Å²) in [4.78, 5) is 15.2.